The molecule has 1 amide bonds. The summed E-state index contributed by atoms with van der Waals surface area (Å²) in [5, 5.41) is 26.8. The quantitative estimate of drug-likeness (QED) is 0.655. The molecule has 2 heterocycles. The molecule has 0 fully saturated rings. The number of carbonyl (C=O) groups excluding carboxylic acids is 1. The number of hydrogen-bond donors (Lipinski definition) is 2. The topological polar surface area (TPSA) is 92.5 Å². The van der Waals surface area contributed by atoms with Crippen molar-refractivity contribution in [3.05, 3.63) is 48.3 Å². The number of aliphatic hydroxyl groups is 1. The highest BCUT2D eigenvalue weighted by Gasteiger charge is 2.20. The molecule has 0 saturated carbocycles. The van der Waals surface area contributed by atoms with Crippen molar-refractivity contribution < 1.29 is 14.8 Å². The number of nitrogens with zero attached hydrogens (tertiary/aromatic N) is 1. The van der Waals surface area contributed by atoms with Crippen molar-refractivity contribution in [3.8, 4) is 0 Å². The summed E-state index contributed by atoms with van der Waals surface area (Å²) in [7, 11) is 0. The molecule has 0 spiro atoms. The molecular formula is C12H12N2O4S2. The molecule has 8 heteroatoms. The van der Waals surface area contributed by atoms with E-state index in [9.17, 15) is 20.0 Å². The van der Waals surface area contributed by atoms with E-state index < -0.39 is 16.9 Å². The van der Waals surface area contributed by atoms with Gasteiger partial charge in [-0.05, 0) is 29.3 Å². The Bertz CT molecular complexity index is 621. The fraction of sp³-hybridized carbons (Fsp3) is 0.250. The lowest BCUT2D eigenvalue weighted by Gasteiger charge is -2.09. The van der Waals surface area contributed by atoms with Gasteiger partial charge in [-0.3, -0.25) is 14.9 Å². The molecule has 1 atom stereocenters. The van der Waals surface area contributed by atoms with Gasteiger partial charge in [0.15, 0.2) is 0 Å². The number of thiophene rings is 2. The summed E-state index contributed by atoms with van der Waals surface area (Å²) in [5.74, 6) is -0.416. The van der Waals surface area contributed by atoms with E-state index in [1.807, 2.05) is 5.38 Å². The number of aryl methyl sites for hydroxylation is 1. The van der Waals surface area contributed by atoms with Crippen LogP contribution in [0.1, 0.15) is 26.2 Å². The van der Waals surface area contributed by atoms with Crippen LogP contribution in [0.5, 0.6) is 0 Å². The molecule has 0 aliphatic heterocycles. The normalized spacial score (nSPS) is 12.1. The molecule has 106 valence electrons. The van der Waals surface area contributed by atoms with E-state index in [1.54, 1.807) is 18.4 Å². The molecule has 1 unspecified atom stereocenters. The SMILES string of the molecule is Cc1sc(C(=O)NCC(O)c2ccsc2)cc1[N+](=O)[O-]. The Morgan fingerprint density at radius 2 is 2.35 bits per heavy atom. The first-order valence-electron chi connectivity index (χ1n) is 5.72. The van der Waals surface area contributed by atoms with Crippen molar-refractivity contribution in [3.63, 3.8) is 0 Å². The molecule has 0 bridgehead atoms. The zero-order valence-electron chi connectivity index (χ0n) is 10.5. The van der Waals surface area contributed by atoms with Crippen molar-refractivity contribution in [2.24, 2.45) is 0 Å². The Kier molecular flexibility index (Phi) is 4.48. The molecule has 6 nitrogen and oxygen atoms in total. The molecule has 2 aromatic heterocycles. The smallest absolute Gasteiger partial charge is 0.283 e. The highest BCUT2D eigenvalue weighted by atomic mass is 32.1. The Morgan fingerprint density at radius 3 is 2.90 bits per heavy atom. The predicted molar refractivity (Wildman–Crippen MR) is 77.3 cm³/mol. The lowest BCUT2D eigenvalue weighted by molar-refractivity contribution is -0.385. The summed E-state index contributed by atoms with van der Waals surface area (Å²) < 4.78 is 0. The van der Waals surface area contributed by atoms with Gasteiger partial charge in [0.25, 0.3) is 11.6 Å². The first kappa shape index (κ1) is 14.6. The maximum atomic E-state index is 11.9. The van der Waals surface area contributed by atoms with Crippen LogP contribution in [0, 0.1) is 17.0 Å². The van der Waals surface area contributed by atoms with E-state index >= 15 is 0 Å². The van der Waals surface area contributed by atoms with E-state index in [1.165, 1.54) is 17.4 Å². The number of carbonyl (C=O) groups is 1. The number of aliphatic hydroxyl groups excluding tert-OH is 1. The number of hydrogen-bond acceptors (Lipinski definition) is 6. The van der Waals surface area contributed by atoms with Crippen LogP contribution >= 0.6 is 22.7 Å². The van der Waals surface area contributed by atoms with Gasteiger partial charge in [0.1, 0.15) is 0 Å². The predicted octanol–water partition coefficient (Wildman–Crippen LogP) is 2.49. The molecule has 0 aromatic carbocycles. The summed E-state index contributed by atoms with van der Waals surface area (Å²) >= 11 is 2.53. The van der Waals surface area contributed by atoms with E-state index in [4.69, 9.17) is 0 Å². The van der Waals surface area contributed by atoms with Gasteiger partial charge in [-0.15, -0.1) is 11.3 Å². The molecule has 0 aliphatic carbocycles. The van der Waals surface area contributed by atoms with Crippen molar-refractivity contribution >= 4 is 34.3 Å². The van der Waals surface area contributed by atoms with Gasteiger partial charge in [-0.2, -0.15) is 11.3 Å². The van der Waals surface area contributed by atoms with Crippen LogP contribution in [0.4, 0.5) is 5.69 Å². The minimum Gasteiger partial charge on any atom is -0.387 e. The van der Waals surface area contributed by atoms with Crippen molar-refractivity contribution in [2.45, 2.75) is 13.0 Å². The van der Waals surface area contributed by atoms with Gasteiger partial charge < -0.3 is 10.4 Å². The zero-order chi connectivity index (χ0) is 14.7. The Hall–Kier alpha value is -1.77. The minimum absolute atomic E-state index is 0.0569. The molecule has 0 aliphatic rings. The summed E-state index contributed by atoms with van der Waals surface area (Å²) in [6, 6.07) is 3.04. The monoisotopic (exact) mass is 312 g/mol. The molecular weight excluding hydrogens is 300 g/mol. The van der Waals surface area contributed by atoms with Crippen LogP contribution in [0.2, 0.25) is 0 Å². The second-order valence-corrected chi connectivity index (χ2v) is 6.13. The highest BCUT2D eigenvalue weighted by Crippen LogP contribution is 2.28. The summed E-state index contributed by atoms with van der Waals surface area (Å²) in [5.41, 5.74) is 0.683. The maximum Gasteiger partial charge on any atom is 0.283 e. The maximum absolute atomic E-state index is 11.9. The second kappa shape index (κ2) is 6.12. The van der Waals surface area contributed by atoms with Crippen molar-refractivity contribution in [2.75, 3.05) is 6.54 Å². The average Bonchev–Trinajstić information content (AvgIpc) is 3.04. The molecule has 0 radical (unpaired) electrons. The summed E-state index contributed by atoms with van der Waals surface area (Å²) in [6.45, 7) is 1.67. The molecule has 2 aromatic rings. The first-order chi connectivity index (χ1) is 9.49. The second-order valence-electron chi connectivity index (χ2n) is 4.09. The van der Waals surface area contributed by atoms with Gasteiger partial charge in [0, 0.05) is 12.6 Å². The average molecular weight is 312 g/mol. The summed E-state index contributed by atoms with van der Waals surface area (Å²) in [6.07, 6.45) is -0.777. The Morgan fingerprint density at radius 1 is 1.60 bits per heavy atom. The number of rotatable bonds is 5. The number of amides is 1. The van der Waals surface area contributed by atoms with Crippen LogP contribution in [-0.4, -0.2) is 22.5 Å². The standard InChI is InChI=1S/C12H12N2O4S2/c1-7-9(14(17)18)4-11(20-7)12(16)13-5-10(15)8-2-3-19-6-8/h2-4,6,10,15H,5H2,1H3,(H,13,16). The molecule has 0 saturated heterocycles. The fourth-order valence-corrected chi connectivity index (χ4v) is 3.23. The van der Waals surface area contributed by atoms with Gasteiger partial charge in [-0.1, -0.05) is 0 Å². The summed E-state index contributed by atoms with van der Waals surface area (Å²) in [4.78, 5) is 22.8. The van der Waals surface area contributed by atoms with Crippen LogP contribution in [0.25, 0.3) is 0 Å². The Balaban J connectivity index is 1.98. The third-order valence-electron chi connectivity index (χ3n) is 2.70. The van der Waals surface area contributed by atoms with Gasteiger partial charge in [0.05, 0.1) is 20.8 Å². The van der Waals surface area contributed by atoms with E-state index in [2.05, 4.69) is 5.32 Å². The lowest BCUT2D eigenvalue weighted by Crippen LogP contribution is -2.27. The van der Waals surface area contributed by atoms with Crippen LogP contribution in [0.15, 0.2) is 22.9 Å². The molecule has 2 N–H and O–H groups in total. The molecule has 20 heavy (non-hydrogen) atoms. The van der Waals surface area contributed by atoms with Crippen LogP contribution in [-0.2, 0) is 0 Å². The zero-order valence-corrected chi connectivity index (χ0v) is 12.2. The van der Waals surface area contributed by atoms with Crippen LogP contribution in [0.3, 0.4) is 0 Å². The van der Waals surface area contributed by atoms with E-state index in [0.717, 1.165) is 16.9 Å². The van der Waals surface area contributed by atoms with E-state index in [0.29, 0.717) is 4.88 Å². The van der Waals surface area contributed by atoms with Gasteiger partial charge in [-0.25, -0.2) is 0 Å². The minimum atomic E-state index is -0.777. The van der Waals surface area contributed by atoms with Gasteiger partial charge in [0.2, 0.25) is 0 Å². The van der Waals surface area contributed by atoms with Crippen LogP contribution < -0.4 is 5.32 Å². The van der Waals surface area contributed by atoms with Crippen molar-refractivity contribution in [1.29, 1.82) is 0 Å². The third-order valence-corrected chi connectivity index (χ3v) is 4.44. The molecule has 2 rings (SSSR count). The first-order valence-corrected chi connectivity index (χ1v) is 7.48. The lowest BCUT2D eigenvalue weighted by atomic mass is 10.2. The van der Waals surface area contributed by atoms with Gasteiger partial charge >= 0.3 is 0 Å². The third kappa shape index (κ3) is 3.21. The van der Waals surface area contributed by atoms with E-state index in [-0.39, 0.29) is 17.1 Å². The Labute approximate surface area is 122 Å². The number of nitro groups is 1. The fourth-order valence-electron chi connectivity index (χ4n) is 1.62. The number of nitrogens with one attached hydrogen (secondary N) is 1. The largest absolute Gasteiger partial charge is 0.387 e. The van der Waals surface area contributed by atoms with Crippen molar-refractivity contribution in [1.82, 2.24) is 5.32 Å². The highest BCUT2D eigenvalue weighted by molar-refractivity contribution is 7.14.